The first-order chi connectivity index (χ1) is 15.0. The number of imide groups is 1. The van der Waals surface area contributed by atoms with Gasteiger partial charge in [-0.1, -0.05) is 18.2 Å². The minimum Gasteiger partial charge on any atom is -0.453 e. The predicted octanol–water partition coefficient (Wildman–Crippen LogP) is 5.52. The highest BCUT2D eigenvalue weighted by Gasteiger charge is 2.34. The van der Waals surface area contributed by atoms with E-state index in [1.54, 1.807) is 37.3 Å². The summed E-state index contributed by atoms with van der Waals surface area (Å²) in [6, 6.07) is 15.7. The van der Waals surface area contributed by atoms with Crippen molar-refractivity contribution in [2.24, 2.45) is 0 Å². The average Bonchev–Trinajstić information content (AvgIpc) is 3.44. The van der Waals surface area contributed by atoms with Crippen LogP contribution in [0.25, 0.3) is 38.0 Å². The van der Waals surface area contributed by atoms with Crippen molar-refractivity contribution in [3.63, 3.8) is 0 Å². The monoisotopic (exact) mass is 428 g/mol. The molecule has 1 aliphatic rings. The van der Waals surface area contributed by atoms with E-state index in [2.05, 4.69) is 18.2 Å². The van der Waals surface area contributed by atoms with Gasteiger partial charge in [-0.25, -0.2) is 0 Å². The van der Waals surface area contributed by atoms with E-state index in [1.807, 2.05) is 24.3 Å². The molecule has 2 amide bonds. The summed E-state index contributed by atoms with van der Waals surface area (Å²) in [5.41, 5.74) is 1.71. The summed E-state index contributed by atoms with van der Waals surface area (Å²) < 4.78 is 13.0. The van der Waals surface area contributed by atoms with Crippen LogP contribution < -0.4 is 0 Å². The lowest BCUT2D eigenvalue weighted by molar-refractivity contribution is -0.140. The van der Waals surface area contributed by atoms with E-state index in [-0.39, 0.29) is 17.7 Å². The van der Waals surface area contributed by atoms with Gasteiger partial charge in [-0.15, -0.1) is 11.3 Å². The van der Waals surface area contributed by atoms with E-state index in [0.717, 1.165) is 15.2 Å². The highest BCUT2D eigenvalue weighted by Crippen LogP contribution is 2.37. The number of amides is 2. The van der Waals surface area contributed by atoms with Gasteiger partial charge in [0.1, 0.15) is 23.2 Å². The zero-order chi connectivity index (χ0) is 21.7. The normalized spacial score (nSPS) is 16.2. The van der Waals surface area contributed by atoms with Gasteiger partial charge in [-0.2, -0.15) is 5.26 Å². The number of nitriles is 1. The van der Waals surface area contributed by atoms with Crippen molar-refractivity contribution in [3.05, 3.63) is 64.9 Å². The van der Waals surface area contributed by atoms with Crippen molar-refractivity contribution in [2.45, 2.75) is 13.8 Å². The van der Waals surface area contributed by atoms with Crippen molar-refractivity contribution in [1.82, 2.24) is 4.90 Å². The van der Waals surface area contributed by atoms with Crippen LogP contribution in [0, 0.1) is 11.3 Å². The van der Waals surface area contributed by atoms with Crippen molar-refractivity contribution in [3.8, 4) is 16.7 Å². The molecule has 31 heavy (non-hydrogen) atoms. The summed E-state index contributed by atoms with van der Waals surface area (Å²) in [6.07, 6.45) is 1.55. The lowest BCUT2D eigenvalue weighted by Crippen LogP contribution is -2.42. The SMILES string of the molecule is CCN1C(=O)C(C#N)=C(C)/C(=C/c2cc3oc(-c4cc5ccccc5s4)cc3o2)C1=O. The van der Waals surface area contributed by atoms with Gasteiger partial charge in [0.2, 0.25) is 0 Å². The van der Waals surface area contributed by atoms with Crippen molar-refractivity contribution < 1.29 is 18.4 Å². The van der Waals surface area contributed by atoms with Gasteiger partial charge in [0.05, 0.1) is 4.88 Å². The average molecular weight is 428 g/mol. The van der Waals surface area contributed by atoms with Crippen LogP contribution in [-0.2, 0) is 9.59 Å². The molecule has 4 aromatic rings. The Kier molecular flexibility index (Phi) is 4.38. The molecule has 0 bridgehead atoms. The molecule has 0 N–H and O–H groups in total. The molecule has 0 saturated heterocycles. The van der Waals surface area contributed by atoms with Crippen molar-refractivity contribution in [1.29, 1.82) is 5.26 Å². The second-order valence-electron chi connectivity index (χ2n) is 7.16. The fraction of sp³-hybridized carbons (Fsp3) is 0.125. The lowest BCUT2D eigenvalue weighted by atomic mass is 9.95. The second-order valence-corrected chi connectivity index (χ2v) is 8.24. The molecule has 3 aromatic heterocycles. The summed E-state index contributed by atoms with van der Waals surface area (Å²) in [7, 11) is 0. The quantitative estimate of drug-likeness (QED) is 0.317. The topological polar surface area (TPSA) is 87.4 Å². The number of furan rings is 2. The zero-order valence-corrected chi connectivity index (χ0v) is 17.6. The van der Waals surface area contributed by atoms with Crippen molar-refractivity contribution >= 4 is 50.5 Å². The first-order valence-electron chi connectivity index (χ1n) is 9.71. The minimum absolute atomic E-state index is 0.0324. The number of nitrogens with zero attached hydrogens (tertiary/aromatic N) is 2. The molecule has 6 nitrogen and oxygen atoms in total. The van der Waals surface area contributed by atoms with Crippen molar-refractivity contribution in [2.75, 3.05) is 6.54 Å². The third kappa shape index (κ3) is 3.00. The van der Waals surface area contributed by atoms with Crippen LogP contribution in [0.2, 0.25) is 0 Å². The molecule has 0 fully saturated rings. The van der Waals surface area contributed by atoms with E-state index < -0.39 is 11.8 Å². The number of benzene rings is 1. The van der Waals surface area contributed by atoms with Gasteiger partial charge in [-0.05, 0) is 43.0 Å². The lowest BCUT2D eigenvalue weighted by Gasteiger charge is -2.25. The fourth-order valence-corrected chi connectivity index (χ4v) is 4.72. The number of likely N-dealkylation sites (N-methyl/N-ethyl adjacent to an activating group) is 1. The first-order valence-corrected chi connectivity index (χ1v) is 10.5. The largest absolute Gasteiger partial charge is 0.453 e. The van der Waals surface area contributed by atoms with Gasteiger partial charge >= 0.3 is 0 Å². The van der Waals surface area contributed by atoms with Gasteiger partial charge < -0.3 is 8.83 Å². The van der Waals surface area contributed by atoms with Gasteiger partial charge in [0, 0.05) is 29.0 Å². The Balaban J connectivity index is 1.54. The van der Waals surface area contributed by atoms with Crippen LogP contribution in [-0.4, -0.2) is 23.3 Å². The molecule has 0 unspecified atom stereocenters. The molecule has 1 aliphatic heterocycles. The molecule has 0 radical (unpaired) electrons. The summed E-state index contributed by atoms with van der Waals surface area (Å²) in [5.74, 6) is 0.129. The van der Waals surface area contributed by atoms with E-state index in [4.69, 9.17) is 8.83 Å². The number of carbonyl (C=O) groups excluding carboxylic acids is 2. The molecule has 0 aliphatic carbocycles. The Morgan fingerprint density at radius 1 is 1.10 bits per heavy atom. The molecule has 4 heterocycles. The molecular formula is C24H16N2O4S. The second kappa shape index (κ2) is 7.11. The Hall–Kier alpha value is -3.89. The molecule has 7 heteroatoms. The summed E-state index contributed by atoms with van der Waals surface area (Å²) >= 11 is 1.64. The standard InChI is InChI=1S/C24H16N2O4S/c1-3-26-23(27)16(13(2)17(12-25)24(26)28)9-15-10-18-19(29-15)11-20(30-18)22-8-14-6-4-5-7-21(14)31-22/h4-11H,3H2,1-2H3/b16-9-. The minimum atomic E-state index is -0.564. The fourth-order valence-electron chi connectivity index (χ4n) is 3.71. The van der Waals surface area contributed by atoms with Crippen LogP contribution in [0.4, 0.5) is 0 Å². The Morgan fingerprint density at radius 2 is 1.87 bits per heavy atom. The molecule has 0 atom stereocenters. The predicted molar refractivity (Wildman–Crippen MR) is 118 cm³/mol. The summed E-state index contributed by atoms with van der Waals surface area (Å²) in [4.78, 5) is 27.1. The molecule has 152 valence electrons. The van der Waals surface area contributed by atoms with Gasteiger partial charge in [0.25, 0.3) is 11.8 Å². The Bertz CT molecular complexity index is 1420. The van der Waals surface area contributed by atoms with Crippen LogP contribution >= 0.6 is 11.3 Å². The third-order valence-electron chi connectivity index (χ3n) is 5.32. The maximum Gasteiger partial charge on any atom is 0.271 e. The highest BCUT2D eigenvalue weighted by atomic mass is 32.1. The number of thiophene rings is 1. The number of hydrogen-bond acceptors (Lipinski definition) is 6. The Morgan fingerprint density at radius 3 is 2.58 bits per heavy atom. The molecular weight excluding hydrogens is 412 g/mol. The number of rotatable bonds is 3. The number of carbonyl (C=O) groups is 2. The van der Waals surface area contributed by atoms with Crippen LogP contribution in [0.15, 0.2) is 68.0 Å². The van der Waals surface area contributed by atoms with E-state index >= 15 is 0 Å². The molecule has 5 rings (SSSR count). The first kappa shape index (κ1) is 19.1. The maximum atomic E-state index is 12.8. The zero-order valence-electron chi connectivity index (χ0n) is 16.8. The van der Waals surface area contributed by atoms with Gasteiger partial charge in [0.15, 0.2) is 11.2 Å². The molecule has 1 aromatic carbocycles. The number of hydrogen-bond donors (Lipinski definition) is 0. The van der Waals surface area contributed by atoms with Crippen LogP contribution in [0.3, 0.4) is 0 Å². The highest BCUT2D eigenvalue weighted by molar-refractivity contribution is 7.22. The molecule has 0 saturated carbocycles. The summed E-state index contributed by atoms with van der Waals surface area (Å²) in [5, 5.41) is 10.5. The molecule has 0 spiro atoms. The summed E-state index contributed by atoms with van der Waals surface area (Å²) in [6.45, 7) is 3.48. The van der Waals surface area contributed by atoms with Crippen LogP contribution in [0.1, 0.15) is 19.6 Å². The third-order valence-corrected chi connectivity index (χ3v) is 6.45. The smallest absolute Gasteiger partial charge is 0.271 e. The maximum absolute atomic E-state index is 12.8. The Labute approximate surface area is 181 Å². The number of fused-ring (bicyclic) bond motifs is 2. The van der Waals surface area contributed by atoms with Crippen LogP contribution in [0.5, 0.6) is 0 Å². The van der Waals surface area contributed by atoms with E-state index in [9.17, 15) is 14.9 Å². The van der Waals surface area contributed by atoms with E-state index in [0.29, 0.717) is 28.3 Å². The van der Waals surface area contributed by atoms with Gasteiger partial charge in [-0.3, -0.25) is 14.5 Å². The van der Waals surface area contributed by atoms with E-state index in [1.165, 1.54) is 4.70 Å².